The molecule has 0 fully saturated rings. The van der Waals surface area contributed by atoms with Gasteiger partial charge in [0.1, 0.15) is 18.3 Å². The van der Waals surface area contributed by atoms with Crippen LogP contribution in [0, 0.1) is 0 Å². The number of aryl methyl sites for hydroxylation is 1. The van der Waals surface area contributed by atoms with E-state index in [1.54, 1.807) is 18.5 Å². The SMILES string of the molecule is CCn1cc(C2=NC(c3ccc(C(=O)OC)nc3)CO2)cn1. The number of rotatable bonds is 4. The highest BCUT2D eigenvalue weighted by molar-refractivity contribution is 5.94. The molecule has 7 nitrogen and oxygen atoms in total. The Morgan fingerprint density at radius 1 is 1.45 bits per heavy atom. The number of carbonyl (C=O) groups excluding carboxylic acids is 1. The fraction of sp³-hybridized carbons (Fsp3) is 0.333. The van der Waals surface area contributed by atoms with Crippen LogP contribution in [-0.4, -0.2) is 40.3 Å². The van der Waals surface area contributed by atoms with Gasteiger partial charge in [-0.2, -0.15) is 5.10 Å². The molecule has 114 valence electrons. The zero-order valence-electron chi connectivity index (χ0n) is 12.4. The van der Waals surface area contributed by atoms with Gasteiger partial charge in [-0.1, -0.05) is 6.07 Å². The minimum absolute atomic E-state index is 0.126. The van der Waals surface area contributed by atoms with Crippen molar-refractivity contribution in [3.8, 4) is 0 Å². The standard InChI is InChI=1S/C15H16N4O3/c1-3-19-8-11(7-17-19)14-18-13(9-22-14)10-4-5-12(16-6-10)15(20)21-2/h4-8,13H,3,9H2,1-2H3. The molecule has 1 aliphatic heterocycles. The highest BCUT2D eigenvalue weighted by atomic mass is 16.5. The fourth-order valence-electron chi connectivity index (χ4n) is 2.18. The lowest BCUT2D eigenvalue weighted by Gasteiger charge is -2.05. The number of esters is 1. The number of aromatic nitrogens is 3. The van der Waals surface area contributed by atoms with Crippen molar-refractivity contribution in [2.24, 2.45) is 4.99 Å². The summed E-state index contributed by atoms with van der Waals surface area (Å²) in [5, 5.41) is 4.21. The van der Waals surface area contributed by atoms with Crippen molar-refractivity contribution >= 4 is 11.9 Å². The van der Waals surface area contributed by atoms with E-state index in [0.29, 0.717) is 12.5 Å². The molecule has 0 N–H and O–H groups in total. The quantitative estimate of drug-likeness (QED) is 0.801. The van der Waals surface area contributed by atoms with E-state index in [1.807, 2.05) is 23.9 Å². The zero-order valence-corrected chi connectivity index (χ0v) is 12.4. The summed E-state index contributed by atoms with van der Waals surface area (Å²) in [6.07, 6.45) is 5.27. The van der Waals surface area contributed by atoms with Crippen LogP contribution in [0.15, 0.2) is 35.7 Å². The molecule has 3 rings (SSSR count). The maximum absolute atomic E-state index is 11.4. The lowest BCUT2D eigenvalue weighted by atomic mass is 10.1. The van der Waals surface area contributed by atoms with Gasteiger partial charge in [0.2, 0.25) is 5.90 Å². The molecule has 0 saturated heterocycles. The predicted molar refractivity (Wildman–Crippen MR) is 78.7 cm³/mol. The average Bonchev–Trinajstić information content (AvgIpc) is 3.23. The summed E-state index contributed by atoms with van der Waals surface area (Å²) in [6, 6.07) is 3.32. The first-order valence-electron chi connectivity index (χ1n) is 6.99. The third kappa shape index (κ3) is 2.69. The molecule has 0 amide bonds. The van der Waals surface area contributed by atoms with Crippen LogP contribution in [0.1, 0.15) is 34.6 Å². The molecular formula is C15H16N4O3. The number of pyridine rings is 1. The summed E-state index contributed by atoms with van der Waals surface area (Å²) in [4.78, 5) is 20.0. The fourth-order valence-corrected chi connectivity index (χ4v) is 2.18. The number of nitrogens with zero attached hydrogens (tertiary/aromatic N) is 4. The van der Waals surface area contributed by atoms with E-state index in [1.165, 1.54) is 7.11 Å². The van der Waals surface area contributed by atoms with Crippen LogP contribution in [0.3, 0.4) is 0 Å². The number of methoxy groups -OCH3 is 1. The van der Waals surface area contributed by atoms with Gasteiger partial charge in [0, 0.05) is 18.9 Å². The van der Waals surface area contributed by atoms with Crippen LogP contribution < -0.4 is 0 Å². The second-order valence-electron chi connectivity index (χ2n) is 4.81. The number of ether oxygens (including phenoxy) is 2. The van der Waals surface area contributed by atoms with Crippen molar-refractivity contribution < 1.29 is 14.3 Å². The highest BCUT2D eigenvalue weighted by Crippen LogP contribution is 2.24. The Balaban J connectivity index is 1.77. The summed E-state index contributed by atoms with van der Waals surface area (Å²) in [5.41, 5.74) is 2.03. The van der Waals surface area contributed by atoms with E-state index in [-0.39, 0.29) is 11.7 Å². The van der Waals surface area contributed by atoms with E-state index in [2.05, 4.69) is 19.8 Å². The predicted octanol–water partition coefficient (Wildman–Crippen LogP) is 1.60. The minimum Gasteiger partial charge on any atom is -0.475 e. The molecule has 0 radical (unpaired) electrons. The van der Waals surface area contributed by atoms with Crippen molar-refractivity contribution in [1.82, 2.24) is 14.8 Å². The maximum Gasteiger partial charge on any atom is 0.356 e. The molecule has 3 heterocycles. The topological polar surface area (TPSA) is 78.6 Å². The van der Waals surface area contributed by atoms with Crippen molar-refractivity contribution in [3.63, 3.8) is 0 Å². The van der Waals surface area contributed by atoms with Crippen molar-refractivity contribution in [2.45, 2.75) is 19.5 Å². The summed E-state index contributed by atoms with van der Waals surface area (Å²) in [5.74, 6) is 0.132. The monoisotopic (exact) mass is 300 g/mol. The molecule has 1 unspecified atom stereocenters. The van der Waals surface area contributed by atoms with Crippen LogP contribution in [-0.2, 0) is 16.0 Å². The van der Waals surface area contributed by atoms with Crippen molar-refractivity contribution in [1.29, 1.82) is 0 Å². The van der Waals surface area contributed by atoms with Gasteiger partial charge in [0.05, 0.1) is 18.9 Å². The highest BCUT2D eigenvalue weighted by Gasteiger charge is 2.23. The van der Waals surface area contributed by atoms with E-state index in [9.17, 15) is 4.79 Å². The molecule has 1 atom stereocenters. The number of aliphatic imine (C=N–C) groups is 1. The third-order valence-electron chi connectivity index (χ3n) is 3.42. The molecule has 2 aromatic heterocycles. The first kappa shape index (κ1) is 14.2. The second kappa shape index (κ2) is 5.97. The number of hydrogen-bond donors (Lipinski definition) is 0. The minimum atomic E-state index is -0.453. The molecule has 2 aromatic rings. The van der Waals surface area contributed by atoms with Gasteiger partial charge in [0.25, 0.3) is 0 Å². The maximum atomic E-state index is 11.4. The summed E-state index contributed by atoms with van der Waals surface area (Å²) < 4.78 is 12.1. The van der Waals surface area contributed by atoms with Crippen LogP contribution in [0.2, 0.25) is 0 Å². The molecule has 0 spiro atoms. The van der Waals surface area contributed by atoms with Crippen LogP contribution >= 0.6 is 0 Å². The van der Waals surface area contributed by atoms with Crippen molar-refractivity contribution in [3.05, 3.63) is 47.5 Å². The smallest absolute Gasteiger partial charge is 0.356 e. The summed E-state index contributed by atoms with van der Waals surface area (Å²) in [6.45, 7) is 3.27. The largest absolute Gasteiger partial charge is 0.475 e. The first-order valence-corrected chi connectivity index (χ1v) is 6.99. The Bertz CT molecular complexity index is 706. The lowest BCUT2D eigenvalue weighted by Crippen LogP contribution is -2.05. The van der Waals surface area contributed by atoms with Gasteiger partial charge in [-0.3, -0.25) is 4.68 Å². The Morgan fingerprint density at radius 3 is 2.95 bits per heavy atom. The van der Waals surface area contributed by atoms with Gasteiger partial charge in [-0.25, -0.2) is 14.8 Å². The van der Waals surface area contributed by atoms with Gasteiger partial charge in [0.15, 0.2) is 0 Å². The normalized spacial score (nSPS) is 17.0. The summed E-state index contributed by atoms with van der Waals surface area (Å²) >= 11 is 0. The van der Waals surface area contributed by atoms with Crippen LogP contribution in [0.5, 0.6) is 0 Å². The molecule has 0 bridgehead atoms. The Labute approximate surface area is 127 Å². The zero-order chi connectivity index (χ0) is 15.5. The van der Waals surface area contributed by atoms with Gasteiger partial charge in [-0.05, 0) is 18.6 Å². The van der Waals surface area contributed by atoms with Crippen LogP contribution in [0.4, 0.5) is 0 Å². The first-order chi connectivity index (χ1) is 10.7. The Kier molecular flexibility index (Phi) is 3.86. The number of carbonyl (C=O) groups is 1. The average molecular weight is 300 g/mol. The molecule has 1 aliphatic rings. The molecule has 22 heavy (non-hydrogen) atoms. The molecule has 0 saturated carbocycles. The molecule has 7 heteroatoms. The van der Waals surface area contributed by atoms with Gasteiger partial charge < -0.3 is 9.47 Å². The molecular weight excluding hydrogens is 284 g/mol. The van der Waals surface area contributed by atoms with Gasteiger partial charge >= 0.3 is 5.97 Å². The Hall–Kier alpha value is -2.70. The van der Waals surface area contributed by atoms with E-state index >= 15 is 0 Å². The van der Waals surface area contributed by atoms with Crippen molar-refractivity contribution in [2.75, 3.05) is 13.7 Å². The Morgan fingerprint density at radius 2 is 2.32 bits per heavy atom. The lowest BCUT2D eigenvalue weighted by molar-refractivity contribution is 0.0594. The second-order valence-corrected chi connectivity index (χ2v) is 4.81. The molecule has 0 aromatic carbocycles. The van der Waals surface area contributed by atoms with E-state index in [0.717, 1.165) is 17.7 Å². The molecule has 0 aliphatic carbocycles. The summed E-state index contributed by atoms with van der Waals surface area (Å²) in [7, 11) is 1.33. The number of hydrogen-bond acceptors (Lipinski definition) is 6. The van der Waals surface area contributed by atoms with Crippen LogP contribution in [0.25, 0.3) is 0 Å². The third-order valence-corrected chi connectivity index (χ3v) is 3.42. The van der Waals surface area contributed by atoms with E-state index in [4.69, 9.17) is 4.74 Å². The van der Waals surface area contributed by atoms with E-state index < -0.39 is 5.97 Å². The van der Waals surface area contributed by atoms with Gasteiger partial charge in [-0.15, -0.1) is 0 Å².